The number of benzene rings is 3. The maximum Gasteiger partial charge on any atom is 0.255 e. The van der Waals surface area contributed by atoms with Gasteiger partial charge in [0, 0.05) is 47.8 Å². The Bertz CT molecular complexity index is 1800. The second-order valence-corrected chi connectivity index (χ2v) is 10.7. The van der Waals surface area contributed by atoms with E-state index in [-0.39, 0.29) is 17.5 Å². The summed E-state index contributed by atoms with van der Waals surface area (Å²) in [6.07, 6.45) is 5.02. The highest BCUT2D eigenvalue weighted by atomic mass is 35.5. The van der Waals surface area contributed by atoms with E-state index < -0.39 is 11.6 Å². The van der Waals surface area contributed by atoms with Gasteiger partial charge in [-0.3, -0.25) is 4.79 Å². The number of amides is 1. The maximum absolute atomic E-state index is 14.7. The molecule has 1 amide bonds. The molecule has 6 rings (SSSR count). The molecule has 208 valence electrons. The van der Waals surface area contributed by atoms with Gasteiger partial charge in [0.15, 0.2) is 0 Å². The van der Waals surface area contributed by atoms with Gasteiger partial charge in [-0.2, -0.15) is 0 Å². The summed E-state index contributed by atoms with van der Waals surface area (Å²) in [4.78, 5) is 23.8. The normalized spacial score (nSPS) is 15.9. The smallest absolute Gasteiger partial charge is 0.255 e. The zero-order chi connectivity index (χ0) is 28.7. The molecule has 1 saturated heterocycles. The number of aromatic nitrogens is 2. The number of halogens is 4. The van der Waals surface area contributed by atoms with Crippen LogP contribution in [0.4, 0.5) is 26.1 Å². The van der Waals surface area contributed by atoms with E-state index in [9.17, 15) is 13.6 Å². The lowest BCUT2D eigenvalue weighted by Crippen LogP contribution is -2.51. The van der Waals surface area contributed by atoms with Gasteiger partial charge in [0.1, 0.15) is 11.6 Å². The predicted octanol–water partition coefficient (Wildman–Crippen LogP) is 4.90. The summed E-state index contributed by atoms with van der Waals surface area (Å²) in [6.45, 7) is 4.01. The standard InChI is InChI=1S/C30H24Cl2F2N6O/c1-16-15-40(8-7-35-16)29(41)20-6-5-19(12-23(20)32)38-30-37-14-27-26(39-30)10-17-9-18(31)11-21(22(17)13-36-27)28-24(33)3-2-4-25(28)34/h2-6,9-14,16,35-36H,7-8,15H2,1H3,(H,37,38,39). The van der Waals surface area contributed by atoms with Crippen LogP contribution in [0.3, 0.4) is 0 Å². The van der Waals surface area contributed by atoms with Crippen LogP contribution in [0.2, 0.25) is 10.0 Å². The first-order chi connectivity index (χ1) is 19.8. The number of rotatable bonds is 4. The lowest BCUT2D eigenvalue weighted by atomic mass is 10.0. The number of piperazine rings is 1. The second-order valence-electron chi connectivity index (χ2n) is 9.90. The quantitative estimate of drug-likeness (QED) is 0.313. The van der Waals surface area contributed by atoms with Crippen LogP contribution in [0.1, 0.15) is 23.0 Å². The Hall–Kier alpha value is -4.05. The number of nitrogens with zero attached hydrogens (tertiary/aromatic N) is 3. The summed E-state index contributed by atoms with van der Waals surface area (Å²) in [5, 5.41) is 11.4. The van der Waals surface area contributed by atoms with Crippen molar-refractivity contribution in [2.75, 3.05) is 30.3 Å². The third kappa shape index (κ3) is 5.48. The molecule has 0 bridgehead atoms. The molecular formula is C30H24Cl2F2N6O. The number of carbonyl (C=O) groups excluding carboxylic acids is 1. The van der Waals surface area contributed by atoms with Crippen LogP contribution in [0.5, 0.6) is 0 Å². The van der Waals surface area contributed by atoms with Crippen LogP contribution >= 0.6 is 23.2 Å². The second kappa shape index (κ2) is 11.1. The summed E-state index contributed by atoms with van der Waals surface area (Å²) in [6, 6.07) is 12.3. The lowest BCUT2D eigenvalue weighted by molar-refractivity contribution is 0.0709. The van der Waals surface area contributed by atoms with E-state index in [1.54, 1.807) is 47.6 Å². The minimum atomic E-state index is -0.690. The van der Waals surface area contributed by atoms with Crippen molar-refractivity contribution in [3.63, 3.8) is 0 Å². The molecule has 7 nitrogen and oxygen atoms in total. The van der Waals surface area contributed by atoms with E-state index in [2.05, 4.69) is 25.9 Å². The minimum absolute atomic E-state index is 0.111. The zero-order valence-electron chi connectivity index (χ0n) is 21.8. The molecule has 1 atom stereocenters. The molecule has 0 radical (unpaired) electrons. The first-order valence-electron chi connectivity index (χ1n) is 13.0. The van der Waals surface area contributed by atoms with E-state index in [1.807, 2.05) is 6.92 Å². The van der Waals surface area contributed by atoms with Crippen LogP contribution in [0, 0.1) is 11.6 Å². The van der Waals surface area contributed by atoms with Crippen molar-refractivity contribution in [1.29, 1.82) is 0 Å². The van der Waals surface area contributed by atoms with Crippen LogP contribution in [-0.2, 0) is 0 Å². The Morgan fingerprint density at radius 3 is 2.68 bits per heavy atom. The van der Waals surface area contributed by atoms with Crippen LogP contribution in [0.15, 0.2) is 54.7 Å². The van der Waals surface area contributed by atoms with Crippen molar-refractivity contribution < 1.29 is 13.6 Å². The Balaban J connectivity index is 1.31. The molecule has 1 unspecified atom stereocenters. The Morgan fingerprint density at radius 1 is 1.12 bits per heavy atom. The zero-order valence-corrected chi connectivity index (χ0v) is 23.3. The summed E-state index contributed by atoms with van der Waals surface area (Å²) < 4.78 is 29.4. The lowest BCUT2D eigenvalue weighted by Gasteiger charge is -2.32. The summed E-state index contributed by atoms with van der Waals surface area (Å²) >= 11 is 12.9. The van der Waals surface area contributed by atoms with Crippen LogP contribution in [-0.4, -0.2) is 46.5 Å². The number of hydrogen-bond donors (Lipinski definition) is 3. The van der Waals surface area contributed by atoms with Crippen molar-refractivity contribution >= 4 is 58.7 Å². The molecule has 3 heterocycles. The molecule has 1 aromatic heterocycles. The van der Waals surface area contributed by atoms with Crippen molar-refractivity contribution in [3.05, 3.63) is 98.1 Å². The number of nitrogens with one attached hydrogen (secondary N) is 3. The SMILES string of the molecule is CC1CN(C(=O)c2ccc(Nc3ncc4c(n3)C=c3cc(Cl)cc(-c5c(F)cccc5F)c3=CN4)cc2Cl)CCN1. The summed E-state index contributed by atoms with van der Waals surface area (Å²) in [5.74, 6) is -1.20. The van der Waals surface area contributed by atoms with Gasteiger partial charge in [-0.1, -0.05) is 29.3 Å². The molecule has 2 aliphatic heterocycles. The highest BCUT2D eigenvalue weighted by Crippen LogP contribution is 2.27. The fourth-order valence-corrected chi connectivity index (χ4v) is 5.53. The average molecular weight is 593 g/mol. The van der Waals surface area contributed by atoms with E-state index >= 15 is 0 Å². The first kappa shape index (κ1) is 27.1. The van der Waals surface area contributed by atoms with Crippen LogP contribution in [0.25, 0.3) is 23.4 Å². The molecular weight excluding hydrogens is 569 g/mol. The molecule has 0 saturated carbocycles. The molecule has 0 aliphatic carbocycles. The van der Waals surface area contributed by atoms with E-state index in [4.69, 9.17) is 23.2 Å². The highest BCUT2D eigenvalue weighted by molar-refractivity contribution is 6.34. The Morgan fingerprint density at radius 2 is 1.93 bits per heavy atom. The summed E-state index contributed by atoms with van der Waals surface area (Å²) in [5.41, 5.74) is 2.30. The largest absolute Gasteiger partial charge is 0.358 e. The topological polar surface area (TPSA) is 82.2 Å². The Labute approximate surface area is 244 Å². The third-order valence-electron chi connectivity index (χ3n) is 7.00. The third-order valence-corrected chi connectivity index (χ3v) is 7.53. The van der Waals surface area contributed by atoms with Gasteiger partial charge < -0.3 is 20.9 Å². The first-order valence-corrected chi connectivity index (χ1v) is 13.7. The van der Waals surface area contributed by atoms with Gasteiger partial charge >= 0.3 is 0 Å². The molecule has 1 fully saturated rings. The number of anilines is 3. The van der Waals surface area contributed by atoms with Gasteiger partial charge in [0.25, 0.3) is 5.91 Å². The van der Waals surface area contributed by atoms with Gasteiger partial charge in [0.05, 0.1) is 33.7 Å². The van der Waals surface area contributed by atoms with Crippen molar-refractivity contribution in [1.82, 2.24) is 20.2 Å². The number of hydrogen-bond acceptors (Lipinski definition) is 6. The van der Waals surface area contributed by atoms with Crippen molar-refractivity contribution in [3.8, 4) is 11.1 Å². The van der Waals surface area contributed by atoms with Crippen molar-refractivity contribution in [2.45, 2.75) is 13.0 Å². The molecule has 0 spiro atoms. The van der Waals surface area contributed by atoms with Gasteiger partial charge in [-0.05, 0) is 66.2 Å². The molecule has 4 aromatic rings. The van der Waals surface area contributed by atoms with E-state index in [0.717, 1.165) is 6.54 Å². The fourth-order valence-electron chi connectivity index (χ4n) is 5.04. The van der Waals surface area contributed by atoms with Crippen LogP contribution < -0.4 is 26.4 Å². The molecule has 2 aliphatic rings. The Kier molecular flexibility index (Phi) is 7.33. The highest BCUT2D eigenvalue weighted by Gasteiger charge is 2.23. The van der Waals surface area contributed by atoms with E-state index in [1.165, 1.54) is 24.3 Å². The van der Waals surface area contributed by atoms with Gasteiger partial charge in [-0.15, -0.1) is 0 Å². The average Bonchev–Trinajstić information content (AvgIpc) is 3.11. The maximum atomic E-state index is 14.7. The van der Waals surface area contributed by atoms with Gasteiger partial charge in [-0.25, -0.2) is 18.7 Å². The molecule has 11 heteroatoms. The number of carbonyl (C=O) groups is 1. The minimum Gasteiger partial charge on any atom is -0.358 e. The van der Waals surface area contributed by atoms with Crippen molar-refractivity contribution in [2.24, 2.45) is 0 Å². The summed E-state index contributed by atoms with van der Waals surface area (Å²) in [7, 11) is 0. The van der Waals surface area contributed by atoms with Gasteiger partial charge in [0.2, 0.25) is 5.95 Å². The monoisotopic (exact) mass is 592 g/mol. The molecule has 3 N–H and O–H groups in total. The number of fused-ring (bicyclic) bond motifs is 2. The predicted molar refractivity (Wildman–Crippen MR) is 158 cm³/mol. The van der Waals surface area contributed by atoms with E-state index in [0.29, 0.717) is 67.7 Å². The molecule has 3 aromatic carbocycles. The fraction of sp³-hybridized carbons (Fsp3) is 0.167. The molecule has 41 heavy (non-hydrogen) atoms.